The van der Waals surface area contributed by atoms with Crippen LogP contribution in [-0.2, 0) is 14.8 Å². The third-order valence-corrected chi connectivity index (χ3v) is 7.17. The molecule has 1 aliphatic rings. The number of carboxylic acid groups (broad SMARTS) is 1. The van der Waals surface area contributed by atoms with Crippen LogP contribution in [0.1, 0.15) is 30.6 Å². The summed E-state index contributed by atoms with van der Waals surface area (Å²) in [6.45, 7) is 2.47. The van der Waals surface area contributed by atoms with Gasteiger partial charge in [0.15, 0.2) is 5.60 Å². The van der Waals surface area contributed by atoms with E-state index in [4.69, 9.17) is 9.84 Å². The van der Waals surface area contributed by atoms with E-state index >= 15 is 0 Å². The number of ether oxygens (including phenoxy) is 1. The fourth-order valence-electron chi connectivity index (χ4n) is 3.36. The van der Waals surface area contributed by atoms with Gasteiger partial charge in [-0.15, -0.1) is 0 Å². The first-order valence-corrected chi connectivity index (χ1v) is 11.6. The Hall–Kier alpha value is -3.05. The topological polar surface area (TPSA) is 113 Å². The van der Waals surface area contributed by atoms with Gasteiger partial charge in [0, 0.05) is 13.1 Å². The van der Waals surface area contributed by atoms with Crippen LogP contribution >= 0.6 is 0 Å². The number of sulfonamides is 1. The van der Waals surface area contributed by atoms with E-state index in [0.717, 1.165) is 16.4 Å². The lowest BCUT2D eigenvalue weighted by molar-refractivity contribution is -0.135. The number of hydrogen-bond donors (Lipinski definition) is 2. The number of carboxylic acids is 1. The first kappa shape index (κ1) is 24.6. The van der Waals surface area contributed by atoms with Crippen LogP contribution in [0, 0.1) is 5.82 Å². The van der Waals surface area contributed by atoms with Crippen LogP contribution in [0.25, 0.3) is 0 Å². The quantitative estimate of drug-likeness (QED) is 0.627. The minimum atomic E-state index is -4.03. The molecule has 1 saturated heterocycles. The zero-order valence-electron chi connectivity index (χ0n) is 18.0. The molecule has 1 aliphatic heterocycles. The summed E-state index contributed by atoms with van der Waals surface area (Å²) in [5, 5.41) is 11.5. The third kappa shape index (κ3) is 5.66. The Balaban J connectivity index is 1.62. The highest BCUT2D eigenvalue weighted by molar-refractivity contribution is 7.89. The second-order valence-corrected chi connectivity index (χ2v) is 10.1. The van der Waals surface area contributed by atoms with Crippen molar-refractivity contribution in [3.8, 4) is 5.75 Å². The number of piperidine rings is 1. The van der Waals surface area contributed by atoms with E-state index in [-0.39, 0.29) is 29.2 Å². The first-order chi connectivity index (χ1) is 15.4. The predicted molar refractivity (Wildman–Crippen MR) is 115 cm³/mol. The first-order valence-electron chi connectivity index (χ1n) is 10.1. The number of amides is 1. The fourth-order valence-corrected chi connectivity index (χ4v) is 4.82. The van der Waals surface area contributed by atoms with E-state index in [9.17, 15) is 26.8 Å². The Morgan fingerprint density at radius 1 is 1.12 bits per heavy atom. The molecule has 1 heterocycles. The molecule has 2 aromatic rings. The molecule has 0 unspecified atom stereocenters. The maximum atomic E-state index is 14.9. The van der Waals surface area contributed by atoms with Gasteiger partial charge in [0.05, 0.1) is 16.5 Å². The number of hydrogen-bond acceptors (Lipinski definition) is 5. The number of rotatable bonds is 7. The van der Waals surface area contributed by atoms with Gasteiger partial charge in [-0.1, -0.05) is 0 Å². The van der Waals surface area contributed by atoms with E-state index in [1.54, 1.807) is 0 Å². The smallest absolute Gasteiger partial charge is 0.335 e. The monoisotopic (exact) mass is 482 g/mol. The van der Waals surface area contributed by atoms with Crippen molar-refractivity contribution in [1.29, 1.82) is 0 Å². The second-order valence-electron chi connectivity index (χ2n) is 8.14. The average molecular weight is 483 g/mol. The molecule has 178 valence electrons. The van der Waals surface area contributed by atoms with Gasteiger partial charge in [0.25, 0.3) is 5.91 Å². The van der Waals surface area contributed by atoms with Gasteiger partial charge in [-0.3, -0.25) is 4.79 Å². The van der Waals surface area contributed by atoms with Gasteiger partial charge in [-0.25, -0.2) is 22.0 Å². The highest BCUT2D eigenvalue weighted by atomic mass is 32.2. The Kier molecular flexibility index (Phi) is 7.03. The molecule has 33 heavy (non-hydrogen) atoms. The number of benzene rings is 2. The number of aromatic carboxylic acids is 1. The molecular weight excluding hydrogens is 458 g/mol. The maximum absolute atomic E-state index is 14.9. The van der Waals surface area contributed by atoms with E-state index in [0.29, 0.717) is 0 Å². The molecule has 3 rings (SSSR count). The van der Waals surface area contributed by atoms with Crippen LogP contribution in [0.2, 0.25) is 0 Å². The van der Waals surface area contributed by atoms with Crippen molar-refractivity contribution in [3.63, 3.8) is 0 Å². The summed E-state index contributed by atoms with van der Waals surface area (Å²) in [5.41, 5.74) is -1.45. The SMILES string of the molecule is CC(C)(Oc1ccc(F)cc1)C(=O)N[C@@H]1CCN(S(=O)(=O)c2ccc(C(=O)O)cc2)C[C@H]1F. The summed E-state index contributed by atoms with van der Waals surface area (Å²) < 4.78 is 60.1. The van der Waals surface area contributed by atoms with Crippen LogP contribution in [0.5, 0.6) is 5.75 Å². The van der Waals surface area contributed by atoms with Crippen molar-refractivity contribution in [2.75, 3.05) is 13.1 Å². The summed E-state index contributed by atoms with van der Waals surface area (Å²) >= 11 is 0. The molecule has 0 saturated carbocycles. The van der Waals surface area contributed by atoms with Crippen LogP contribution < -0.4 is 10.1 Å². The Morgan fingerprint density at radius 3 is 2.27 bits per heavy atom. The largest absolute Gasteiger partial charge is 0.478 e. The lowest BCUT2D eigenvalue weighted by Crippen LogP contribution is -2.57. The summed E-state index contributed by atoms with van der Waals surface area (Å²) in [6.07, 6.45) is -1.64. The average Bonchev–Trinajstić information content (AvgIpc) is 2.76. The molecule has 2 atom stereocenters. The maximum Gasteiger partial charge on any atom is 0.335 e. The highest BCUT2D eigenvalue weighted by Gasteiger charge is 2.39. The van der Waals surface area contributed by atoms with Crippen molar-refractivity contribution < 1.29 is 36.6 Å². The summed E-state index contributed by atoms with van der Waals surface area (Å²) in [5.74, 6) is -1.97. The molecule has 2 N–H and O–H groups in total. The van der Waals surface area contributed by atoms with E-state index in [1.807, 2.05) is 0 Å². The molecule has 1 fully saturated rings. The lowest BCUT2D eigenvalue weighted by atomic mass is 10.0. The van der Waals surface area contributed by atoms with E-state index < -0.39 is 52.1 Å². The minimum Gasteiger partial charge on any atom is -0.478 e. The van der Waals surface area contributed by atoms with E-state index in [1.165, 1.54) is 50.2 Å². The molecule has 0 aromatic heterocycles. The summed E-state index contributed by atoms with van der Waals surface area (Å²) in [6, 6.07) is 8.84. The molecule has 0 aliphatic carbocycles. The molecule has 0 spiro atoms. The van der Waals surface area contributed by atoms with Crippen molar-refractivity contribution in [2.24, 2.45) is 0 Å². The Morgan fingerprint density at radius 2 is 1.73 bits per heavy atom. The molecule has 0 bridgehead atoms. The molecule has 8 nitrogen and oxygen atoms in total. The standard InChI is InChI=1S/C22H24F2N2O6S/c1-22(2,32-16-7-5-15(23)6-8-16)21(29)25-19-11-12-26(13-18(19)24)33(30,31)17-9-3-14(4-10-17)20(27)28/h3-10,18-19H,11-13H2,1-2H3,(H,25,29)(H,27,28)/t18-,19-/m1/s1. The molecule has 2 aromatic carbocycles. The highest BCUT2D eigenvalue weighted by Crippen LogP contribution is 2.24. The van der Waals surface area contributed by atoms with Crippen LogP contribution in [0.3, 0.4) is 0 Å². The van der Waals surface area contributed by atoms with Crippen molar-refractivity contribution in [1.82, 2.24) is 9.62 Å². The van der Waals surface area contributed by atoms with E-state index in [2.05, 4.69) is 5.32 Å². The number of halogens is 2. The van der Waals surface area contributed by atoms with Crippen molar-refractivity contribution in [3.05, 3.63) is 59.9 Å². The number of nitrogens with zero attached hydrogens (tertiary/aromatic N) is 1. The zero-order chi connectivity index (χ0) is 24.4. The van der Waals surface area contributed by atoms with Crippen molar-refractivity contribution in [2.45, 2.75) is 43.0 Å². The Labute approximate surface area is 190 Å². The minimum absolute atomic E-state index is 0.0337. The molecule has 11 heteroatoms. The second kappa shape index (κ2) is 9.44. The molecule has 1 amide bonds. The van der Waals surface area contributed by atoms with Gasteiger partial charge in [-0.2, -0.15) is 4.31 Å². The number of alkyl halides is 1. The van der Waals surface area contributed by atoms with Crippen LogP contribution in [0.15, 0.2) is 53.4 Å². The van der Waals surface area contributed by atoms with Gasteiger partial charge in [0.2, 0.25) is 10.0 Å². The summed E-state index contributed by atoms with van der Waals surface area (Å²) in [7, 11) is -4.03. The number of nitrogens with one attached hydrogen (secondary N) is 1. The number of carbonyl (C=O) groups is 2. The Bertz CT molecular complexity index is 1120. The van der Waals surface area contributed by atoms with Crippen molar-refractivity contribution >= 4 is 21.9 Å². The number of carbonyl (C=O) groups excluding carboxylic acids is 1. The van der Waals surface area contributed by atoms with Gasteiger partial charge in [0.1, 0.15) is 17.7 Å². The zero-order valence-corrected chi connectivity index (χ0v) is 18.8. The molecular formula is C22H24F2N2O6S. The molecule has 0 radical (unpaired) electrons. The fraction of sp³-hybridized carbons (Fsp3) is 0.364. The predicted octanol–water partition coefficient (Wildman–Crippen LogP) is 2.60. The van der Waals surface area contributed by atoms with Crippen LogP contribution in [0.4, 0.5) is 8.78 Å². The van der Waals surface area contributed by atoms with Crippen LogP contribution in [-0.4, -0.2) is 60.6 Å². The lowest BCUT2D eigenvalue weighted by Gasteiger charge is -2.36. The van der Waals surface area contributed by atoms with Gasteiger partial charge < -0.3 is 15.2 Å². The van der Waals surface area contributed by atoms with Gasteiger partial charge in [-0.05, 0) is 68.8 Å². The summed E-state index contributed by atoms with van der Waals surface area (Å²) in [4.78, 5) is 23.5. The van der Waals surface area contributed by atoms with Gasteiger partial charge >= 0.3 is 5.97 Å². The normalized spacial score (nSPS) is 19.6. The third-order valence-electron chi connectivity index (χ3n) is 5.29.